The average molecular weight is 318 g/mol. The van der Waals surface area contributed by atoms with Gasteiger partial charge in [-0.1, -0.05) is 0 Å². The lowest BCUT2D eigenvalue weighted by Crippen LogP contribution is -2.36. The first-order chi connectivity index (χ1) is 10.4. The maximum absolute atomic E-state index is 12.0. The van der Waals surface area contributed by atoms with Crippen molar-refractivity contribution in [2.24, 2.45) is 0 Å². The van der Waals surface area contributed by atoms with E-state index in [1.165, 1.54) is 12.1 Å². The fourth-order valence-electron chi connectivity index (χ4n) is 2.08. The Kier molecular flexibility index (Phi) is 5.25. The monoisotopic (exact) mass is 318 g/mol. The number of amides is 1. The molecule has 0 bridgehead atoms. The maximum Gasteiger partial charge on any atom is 0.573 e. The molecule has 1 aliphatic carbocycles. The van der Waals surface area contributed by atoms with E-state index in [1.807, 2.05) is 4.90 Å². The number of anilines is 1. The Labute approximate surface area is 125 Å². The summed E-state index contributed by atoms with van der Waals surface area (Å²) in [5.41, 5.74) is 0.388. The van der Waals surface area contributed by atoms with E-state index in [9.17, 15) is 18.0 Å². The van der Waals surface area contributed by atoms with E-state index < -0.39 is 6.36 Å². The van der Waals surface area contributed by atoms with Crippen LogP contribution in [0.15, 0.2) is 24.3 Å². The molecule has 1 saturated carbocycles. The van der Waals surface area contributed by atoms with Gasteiger partial charge in [-0.05, 0) is 37.1 Å². The van der Waals surface area contributed by atoms with E-state index in [0.717, 1.165) is 25.0 Å². The summed E-state index contributed by atoms with van der Waals surface area (Å²) in [4.78, 5) is 13.8. The molecule has 2 rings (SSSR count). The second kappa shape index (κ2) is 6.97. The van der Waals surface area contributed by atoms with Gasteiger partial charge < -0.3 is 15.2 Å². The summed E-state index contributed by atoms with van der Waals surface area (Å²) in [5, 5.41) is 11.6. The summed E-state index contributed by atoms with van der Waals surface area (Å²) in [5.74, 6) is -0.616. The van der Waals surface area contributed by atoms with Crippen molar-refractivity contribution >= 4 is 11.6 Å². The van der Waals surface area contributed by atoms with Gasteiger partial charge in [-0.2, -0.15) is 0 Å². The van der Waals surface area contributed by atoms with E-state index in [2.05, 4.69) is 10.1 Å². The van der Waals surface area contributed by atoms with Gasteiger partial charge in [-0.3, -0.25) is 9.69 Å². The largest absolute Gasteiger partial charge is 0.573 e. The number of ether oxygens (including phenoxy) is 1. The molecule has 0 radical (unpaired) electrons. The highest BCUT2D eigenvalue weighted by Crippen LogP contribution is 2.26. The minimum Gasteiger partial charge on any atom is -0.406 e. The predicted octanol–water partition coefficient (Wildman–Crippen LogP) is 1.98. The lowest BCUT2D eigenvalue weighted by molar-refractivity contribution is -0.274. The molecule has 0 unspecified atom stereocenters. The number of carbonyl (C=O) groups is 1. The number of nitrogens with zero attached hydrogens (tertiary/aromatic N) is 1. The Hall–Kier alpha value is -1.80. The molecule has 2 N–H and O–H groups in total. The Bertz CT molecular complexity index is 501. The number of nitrogens with one attached hydrogen (secondary N) is 1. The highest BCUT2D eigenvalue weighted by atomic mass is 19.4. The van der Waals surface area contributed by atoms with Crippen LogP contribution >= 0.6 is 0 Å². The molecular formula is C14H17F3N2O3. The van der Waals surface area contributed by atoms with Gasteiger partial charge in [0.1, 0.15) is 5.75 Å². The first-order valence-electron chi connectivity index (χ1n) is 6.88. The van der Waals surface area contributed by atoms with Crippen LogP contribution in [-0.2, 0) is 4.79 Å². The molecule has 0 aliphatic heterocycles. The highest BCUT2D eigenvalue weighted by Gasteiger charge is 2.31. The number of halogens is 3. The van der Waals surface area contributed by atoms with E-state index in [-0.39, 0.29) is 24.8 Å². The van der Waals surface area contributed by atoms with Gasteiger partial charge in [0, 0.05) is 18.3 Å². The number of rotatable bonds is 7. The fraction of sp³-hybridized carbons (Fsp3) is 0.500. The lowest BCUT2D eigenvalue weighted by atomic mass is 10.3. The lowest BCUT2D eigenvalue weighted by Gasteiger charge is -2.20. The zero-order valence-corrected chi connectivity index (χ0v) is 11.8. The van der Waals surface area contributed by atoms with Crippen molar-refractivity contribution in [3.05, 3.63) is 24.3 Å². The molecule has 0 saturated heterocycles. The molecule has 122 valence electrons. The summed E-state index contributed by atoms with van der Waals surface area (Å²) in [6.45, 7) is 0.551. The smallest absolute Gasteiger partial charge is 0.406 e. The summed E-state index contributed by atoms with van der Waals surface area (Å²) in [6, 6.07) is 5.28. The second-order valence-electron chi connectivity index (χ2n) is 5.05. The summed E-state index contributed by atoms with van der Waals surface area (Å²) >= 11 is 0. The molecule has 0 spiro atoms. The minimum atomic E-state index is -4.74. The standard InChI is InChI=1S/C14H17F3N2O3/c15-14(16,17)22-12-5-1-10(2-6-12)18-13(21)9-19(7-8-20)11-3-4-11/h1-2,5-6,11,20H,3-4,7-9H2,(H,18,21). The molecule has 1 aromatic rings. The van der Waals surface area contributed by atoms with Crippen LogP contribution < -0.4 is 10.1 Å². The molecule has 1 aliphatic rings. The normalized spacial score (nSPS) is 15.0. The molecule has 1 fully saturated rings. The number of aliphatic hydroxyl groups is 1. The van der Waals surface area contributed by atoms with Crippen molar-refractivity contribution in [3.63, 3.8) is 0 Å². The molecule has 0 aromatic heterocycles. The molecule has 5 nitrogen and oxygen atoms in total. The van der Waals surface area contributed by atoms with Crippen molar-refractivity contribution in [3.8, 4) is 5.75 Å². The average Bonchev–Trinajstić information content (AvgIpc) is 3.23. The van der Waals surface area contributed by atoms with Gasteiger partial charge >= 0.3 is 6.36 Å². The van der Waals surface area contributed by atoms with Crippen LogP contribution in [-0.4, -0.2) is 48.0 Å². The van der Waals surface area contributed by atoms with Gasteiger partial charge in [-0.15, -0.1) is 13.2 Å². The second-order valence-corrected chi connectivity index (χ2v) is 5.05. The van der Waals surface area contributed by atoms with Gasteiger partial charge in [0.25, 0.3) is 0 Å². The highest BCUT2D eigenvalue weighted by molar-refractivity contribution is 5.92. The van der Waals surface area contributed by atoms with Crippen LogP contribution in [0.3, 0.4) is 0 Å². The summed E-state index contributed by atoms with van der Waals surface area (Å²) < 4.78 is 39.8. The number of aliphatic hydroxyl groups excluding tert-OH is 1. The van der Waals surface area contributed by atoms with Gasteiger partial charge in [0.05, 0.1) is 13.2 Å². The predicted molar refractivity (Wildman–Crippen MR) is 73.4 cm³/mol. The molecule has 22 heavy (non-hydrogen) atoms. The third kappa shape index (κ3) is 5.53. The zero-order valence-electron chi connectivity index (χ0n) is 11.8. The first kappa shape index (κ1) is 16.6. The summed E-state index contributed by atoms with van der Waals surface area (Å²) in [7, 11) is 0. The minimum absolute atomic E-state index is 0.0206. The van der Waals surface area contributed by atoms with Crippen LogP contribution in [0.2, 0.25) is 0 Å². The van der Waals surface area contributed by atoms with E-state index in [0.29, 0.717) is 18.3 Å². The van der Waals surface area contributed by atoms with Crippen molar-refractivity contribution in [2.75, 3.05) is 25.0 Å². The first-order valence-corrected chi connectivity index (χ1v) is 6.88. The van der Waals surface area contributed by atoms with Crippen LogP contribution in [0.5, 0.6) is 5.75 Å². The van der Waals surface area contributed by atoms with Gasteiger partial charge in [0.15, 0.2) is 0 Å². The number of carbonyl (C=O) groups excluding carboxylic acids is 1. The van der Waals surface area contributed by atoms with E-state index >= 15 is 0 Å². The van der Waals surface area contributed by atoms with Crippen LogP contribution in [0.25, 0.3) is 0 Å². The Balaban J connectivity index is 1.85. The van der Waals surface area contributed by atoms with E-state index in [4.69, 9.17) is 5.11 Å². The quantitative estimate of drug-likeness (QED) is 0.807. The SMILES string of the molecule is O=C(CN(CCO)C1CC1)Nc1ccc(OC(F)(F)F)cc1. The van der Waals surface area contributed by atoms with Crippen molar-refractivity contribution < 1.29 is 27.8 Å². The van der Waals surface area contributed by atoms with Crippen molar-refractivity contribution in [2.45, 2.75) is 25.2 Å². The Morgan fingerprint density at radius 2 is 1.95 bits per heavy atom. The molecule has 0 atom stereocenters. The summed E-state index contributed by atoms with van der Waals surface area (Å²) in [6.07, 6.45) is -2.71. The number of hydrogen-bond acceptors (Lipinski definition) is 4. The molecular weight excluding hydrogens is 301 g/mol. The number of hydrogen-bond donors (Lipinski definition) is 2. The maximum atomic E-state index is 12.0. The Morgan fingerprint density at radius 3 is 2.45 bits per heavy atom. The third-order valence-corrected chi connectivity index (χ3v) is 3.17. The molecule has 8 heteroatoms. The molecule has 0 heterocycles. The topological polar surface area (TPSA) is 61.8 Å². The molecule has 1 amide bonds. The molecule has 1 aromatic carbocycles. The van der Waals surface area contributed by atoms with Gasteiger partial charge in [-0.25, -0.2) is 0 Å². The van der Waals surface area contributed by atoms with Gasteiger partial charge in [0.2, 0.25) is 5.91 Å². The number of alkyl halides is 3. The van der Waals surface area contributed by atoms with Crippen LogP contribution in [0, 0.1) is 0 Å². The van der Waals surface area contributed by atoms with Crippen molar-refractivity contribution in [1.82, 2.24) is 4.90 Å². The third-order valence-electron chi connectivity index (χ3n) is 3.17. The fourth-order valence-corrected chi connectivity index (χ4v) is 2.08. The van der Waals surface area contributed by atoms with E-state index in [1.54, 1.807) is 0 Å². The van der Waals surface area contributed by atoms with Crippen LogP contribution in [0.1, 0.15) is 12.8 Å². The van der Waals surface area contributed by atoms with Crippen molar-refractivity contribution in [1.29, 1.82) is 0 Å². The zero-order chi connectivity index (χ0) is 16.2. The Morgan fingerprint density at radius 1 is 1.32 bits per heavy atom. The van der Waals surface area contributed by atoms with Crippen LogP contribution in [0.4, 0.5) is 18.9 Å². The number of benzene rings is 1.